The van der Waals surface area contributed by atoms with Crippen molar-refractivity contribution in [3.63, 3.8) is 0 Å². The van der Waals surface area contributed by atoms with E-state index in [1.54, 1.807) is 0 Å². The molecule has 2 atom stereocenters. The van der Waals surface area contributed by atoms with Crippen LogP contribution in [0, 0.1) is 0 Å². The quantitative estimate of drug-likeness (QED) is 0.0801. The maximum absolute atomic E-state index is 7.14. The molecule has 1 aliphatic heterocycles. The second kappa shape index (κ2) is 23.2. The third-order valence-electron chi connectivity index (χ3n) is 18.4. The number of ether oxygens (including phenoxy) is 1. The van der Waals surface area contributed by atoms with Crippen LogP contribution in [0.2, 0.25) is 0 Å². The maximum atomic E-state index is 7.14. The highest BCUT2D eigenvalue weighted by Crippen LogP contribution is 2.51. The van der Waals surface area contributed by atoms with E-state index in [2.05, 4.69) is 315 Å². The van der Waals surface area contributed by atoms with Gasteiger partial charge < -0.3 is 13.7 Å². The van der Waals surface area contributed by atoms with Crippen molar-refractivity contribution in [1.29, 1.82) is 0 Å². The van der Waals surface area contributed by atoms with Crippen LogP contribution in [-0.4, -0.2) is 10.7 Å². The molecule has 16 rings (SSSR count). The number of aromatic nitrogens is 1. The van der Waals surface area contributed by atoms with Gasteiger partial charge in [0.15, 0.2) is 0 Å². The number of furan rings is 1. The molecule has 12 aromatic carbocycles. The minimum Gasteiger partial charge on any atom is -0.484 e. The average molecular weight is 1170 g/mol. The fourth-order valence-electron chi connectivity index (χ4n) is 14.2. The smallest absolute Gasteiger partial charge is 0.134 e. The number of hydrogen-bond donors (Lipinski definition) is 0. The molecule has 2 aliphatic rings. The molecule has 3 heterocycles. The Bertz CT molecular complexity index is 5300. The summed E-state index contributed by atoms with van der Waals surface area (Å²) < 4.78 is 16.6. The molecule has 1 aliphatic carbocycles. The lowest BCUT2D eigenvalue weighted by Gasteiger charge is -2.18. The first-order valence-corrected chi connectivity index (χ1v) is 31.4. The van der Waals surface area contributed by atoms with Crippen molar-refractivity contribution in [3.05, 3.63) is 362 Å². The number of allylic oxidation sites excluding steroid dienone is 9. The van der Waals surface area contributed by atoms with Gasteiger partial charge in [-0.3, -0.25) is 0 Å². The van der Waals surface area contributed by atoms with E-state index in [1.807, 2.05) is 25.2 Å². The van der Waals surface area contributed by atoms with Gasteiger partial charge >= 0.3 is 0 Å². The summed E-state index contributed by atoms with van der Waals surface area (Å²) in [5, 5.41) is 8.26. The molecule has 14 aromatic rings. The Balaban J connectivity index is 0.882. The van der Waals surface area contributed by atoms with Gasteiger partial charge in [-0.05, 0) is 179 Å². The maximum Gasteiger partial charge on any atom is 0.134 e. The third-order valence-corrected chi connectivity index (χ3v) is 18.4. The zero-order valence-electron chi connectivity index (χ0n) is 50.6. The summed E-state index contributed by atoms with van der Waals surface area (Å²) in [6, 6.07) is 95.1. The van der Waals surface area contributed by atoms with Crippen molar-refractivity contribution in [2.45, 2.75) is 25.4 Å². The SMILES string of the molecule is C=C/C=C(\C=C/C)C(/C=C)=C/c1c(Cc2ccc3c(c2)c2cc(-c4cc(-c5ccccc5)cc5c4OC4C=CC(c6ccccc6)=CC54)ccc2n3-c2ccc(-c3c4ccccc4c(-c4ccccc4)c4ccccc34)cc2)oc2ccc(-c3ccccc3)cc12. The fraction of sp³-hybridized carbons (Fsp3) is 0.0455. The first kappa shape index (κ1) is 54.8. The van der Waals surface area contributed by atoms with E-state index < -0.39 is 0 Å². The Labute approximate surface area is 530 Å². The molecule has 0 N–H and O–H groups in total. The lowest BCUT2D eigenvalue weighted by molar-refractivity contribution is 0.270. The van der Waals surface area contributed by atoms with E-state index in [1.165, 1.54) is 66.1 Å². The molecule has 0 fully saturated rings. The Kier molecular flexibility index (Phi) is 14.0. The zero-order valence-corrected chi connectivity index (χ0v) is 50.6. The first-order chi connectivity index (χ1) is 45.0. The molecule has 0 radical (unpaired) electrons. The van der Waals surface area contributed by atoms with Gasteiger partial charge in [0.05, 0.1) is 11.0 Å². The molecule has 0 saturated heterocycles. The number of benzene rings is 12. The number of fused-ring (bicyclic) bond motifs is 9. The fourth-order valence-corrected chi connectivity index (χ4v) is 14.2. The van der Waals surface area contributed by atoms with Gasteiger partial charge in [0, 0.05) is 50.9 Å². The summed E-state index contributed by atoms with van der Waals surface area (Å²) in [4.78, 5) is 0. The minimum absolute atomic E-state index is 0.0461. The summed E-state index contributed by atoms with van der Waals surface area (Å²) in [6.45, 7) is 10.4. The van der Waals surface area contributed by atoms with Crippen LogP contribution in [0.1, 0.15) is 40.9 Å². The van der Waals surface area contributed by atoms with Crippen LogP contribution in [0.5, 0.6) is 5.75 Å². The normalized spacial score (nSPS) is 14.8. The standard InChI is InChI=1S/C88H63NO2/c1-4-23-59(24-5-2)58(6-3)51-78-77-52-65(60-25-11-7-12-26-60)41-47-83(77)90-85(78)50-57-37-45-81-75(49-57)76-54-67(74-55-68(62-29-15-9-16-30-62)56-80-79-53-66(61-27-13-8-14-28-61)42-48-84(79)91-88(74)80)40-46-82(76)89(81)69-43-38-64(39-44-69)87-72-35-21-19-33-70(72)86(63-31-17-10-18-32-63)71-34-20-22-36-73(71)87/h4-49,51-56,79,84H,1,3,50H2,2H3/b24-5-,58-51+,59-23+. The second-order valence-corrected chi connectivity index (χ2v) is 23.8. The van der Waals surface area contributed by atoms with Crippen molar-refractivity contribution >= 4 is 66.0 Å². The van der Waals surface area contributed by atoms with E-state index in [4.69, 9.17) is 9.15 Å². The van der Waals surface area contributed by atoms with E-state index >= 15 is 0 Å². The lowest BCUT2D eigenvalue weighted by atomic mass is 9.84. The zero-order chi connectivity index (χ0) is 60.9. The molecule has 0 saturated carbocycles. The largest absolute Gasteiger partial charge is 0.484 e. The Morgan fingerprint density at radius 2 is 1.03 bits per heavy atom. The van der Waals surface area contributed by atoms with Crippen molar-refractivity contribution in [2.24, 2.45) is 0 Å². The molecule has 0 amide bonds. The van der Waals surface area contributed by atoms with Crippen LogP contribution in [0.15, 0.2) is 338 Å². The molecular weight excluding hydrogens is 1100 g/mol. The van der Waals surface area contributed by atoms with E-state index in [9.17, 15) is 0 Å². The minimum atomic E-state index is -0.126. The molecule has 2 unspecified atom stereocenters. The van der Waals surface area contributed by atoms with E-state index in [0.717, 1.165) is 100 Å². The summed E-state index contributed by atoms with van der Waals surface area (Å²) >= 11 is 0. The van der Waals surface area contributed by atoms with Crippen LogP contribution in [-0.2, 0) is 6.42 Å². The monoisotopic (exact) mass is 1170 g/mol. The van der Waals surface area contributed by atoms with Crippen LogP contribution < -0.4 is 4.74 Å². The molecule has 0 bridgehead atoms. The van der Waals surface area contributed by atoms with Crippen LogP contribution in [0.25, 0.3) is 127 Å². The molecule has 3 heteroatoms. The van der Waals surface area contributed by atoms with E-state index in [-0.39, 0.29) is 12.0 Å². The van der Waals surface area contributed by atoms with Crippen molar-refractivity contribution in [1.82, 2.24) is 4.57 Å². The Hall–Kier alpha value is -11.5. The molecule has 2 aromatic heterocycles. The van der Waals surface area contributed by atoms with Gasteiger partial charge in [-0.2, -0.15) is 0 Å². The summed E-state index contributed by atoms with van der Waals surface area (Å²) in [6.07, 6.45) is 19.5. The average Bonchev–Trinajstić information content (AvgIpc) is 1.77. The highest BCUT2D eigenvalue weighted by atomic mass is 16.5. The predicted molar refractivity (Wildman–Crippen MR) is 384 cm³/mol. The number of hydrogen-bond acceptors (Lipinski definition) is 2. The van der Waals surface area contributed by atoms with Crippen molar-refractivity contribution < 1.29 is 9.15 Å². The summed E-state index contributed by atoms with van der Waals surface area (Å²) in [5.41, 5.74) is 23.5. The Morgan fingerprint density at radius 1 is 0.484 bits per heavy atom. The molecule has 432 valence electrons. The predicted octanol–water partition coefficient (Wildman–Crippen LogP) is 23.5. The first-order valence-electron chi connectivity index (χ1n) is 31.4. The van der Waals surface area contributed by atoms with Crippen molar-refractivity contribution in [3.8, 4) is 67.1 Å². The number of nitrogens with zero attached hydrogens (tertiary/aromatic N) is 1. The summed E-state index contributed by atoms with van der Waals surface area (Å²) in [7, 11) is 0. The van der Waals surface area contributed by atoms with Gasteiger partial charge in [-0.15, -0.1) is 0 Å². The lowest BCUT2D eigenvalue weighted by Crippen LogP contribution is -2.17. The molecule has 0 spiro atoms. The molecule has 3 nitrogen and oxygen atoms in total. The van der Waals surface area contributed by atoms with Gasteiger partial charge in [-0.25, -0.2) is 0 Å². The van der Waals surface area contributed by atoms with Crippen LogP contribution in [0.3, 0.4) is 0 Å². The van der Waals surface area contributed by atoms with Crippen molar-refractivity contribution in [2.75, 3.05) is 0 Å². The van der Waals surface area contributed by atoms with E-state index in [0.29, 0.717) is 6.42 Å². The van der Waals surface area contributed by atoms with Gasteiger partial charge in [0.1, 0.15) is 23.2 Å². The van der Waals surface area contributed by atoms with Gasteiger partial charge in [-0.1, -0.05) is 256 Å². The van der Waals surface area contributed by atoms with Gasteiger partial charge in [0.25, 0.3) is 0 Å². The molecular formula is C88H63NO2. The van der Waals surface area contributed by atoms with Crippen LogP contribution >= 0.6 is 0 Å². The Morgan fingerprint density at radius 3 is 1.66 bits per heavy atom. The summed E-state index contributed by atoms with van der Waals surface area (Å²) in [5.74, 6) is 1.85. The number of rotatable bonds is 14. The van der Waals surface area contributed by atoms with Crippen LogP contribution in [0.4, 0.5) is 0 Å². The highest BCUT2D eigenvalue weighted by molar-refractivity contribution is 6.21. The van der Waals surface area contributed by atoms with Gasteiger partial charge in [0.2, 0.25) is 0 Å². The molecule has 91 heavy (non-hydrogen) atoms. The topological polar surface area (TPSA) is 27.3 Å². The second-order valence-electron chi connectivity index (χ2n) is 23.8. The highest BCUT2D eigenvalue weighted by Gasteiger charge is 2.36. The third kappa shape index (κ3) is 9.80.